The van der Waals surface area contributed by atoms with Gasteiger partial charge in [0, 0.05) is 43.5 Å². The normalized spacial score (nSPS) is 20.2. The molecule has 13 heteroatoms. The number of nitrogens with zero attached hydrogens (tertiary/aromatic N) is 5. The van der Waals surface area contributed by atoms with Crippen molar-refractivity contribution in [2.45, 2.75) is 69.2 Å². The number of carbonyl (C=O) groups is 1. The molecule has 6 rings (SSSR count). The molecule has 3 aromatic rings. The van der Waals surface area contributed by atoms with Crippen LogP contribution in [0.4, 0.5) is 18.9 Å². The molecule has 2 aliphatic heterocycles. The Hall–Kier alpha value is -3.29. The molecule has 0 radical (unpaired) electrons. The van der Waals surface area contributed by atoms with Crippen LogP contribution >= 0.6 is 0 Å². The van der Waals surface area contributed by atoms with Crippen molar-refractivity contribution in [1.29, 1.82) is 0 Å². The Morgan fingerprint density at radius 1 is 1.07 bits per heavy atom. The lowest BCUT2D eigenvalue weighted by atomic mass is 9.72. The monoisotopic (exact) mass is 616 g/mol. The van der Waals surface area contributed by atoms with Crippen LogP contribution in [0.15, 0.2) is 42.7 Å². The van der Waals surface area contributed by atoms with Crippen molar-refractivity contribution >= 4 is 21.6 Å². The van der Waals surface area contributed by atoms with Gasteiger partial charge in [0.25, 0.3) is 5.91 Å². The van der Waals surface area contributed by atoms with Gasteiger partial charge in [0.15, 0.2) is 0 Å². The fourth-order valence-corrected chi connectivity index (χ4v) is 7.61. The lowest BCUT2D eigenvalue weighted by molar-refractivity contribution is -0.138. The number of anilines is 1. The predicted octanol–water partition coefficient (Wildman–Crippen LogP) is 4.37. The second-order valence-electron chi connectivity index (χ2n) is 12.4. The van der Waals surface area contributed by atoms with Crippen LogP contribution < -0.4 is 10.2 Å². The Morgan fingerprint density at radius 3 is 2.37 bits per heavy atom. The van der Waals surface area contributed by atoms with Gasteiger partial charge in [-0.25, -0.2) is 12.7 Å². The summed E-state index contributed by atoms with van der Waals surface area (Å²) in [5.41, 5.74) is 0.174. The number of benzene rings is 2. The number of rotatable bonds is 7. The number of aromatic nitrogens is 3. The van der Waals surface area contributed by atoms with E-state index in [1.807, 2.05) is 19.2 Å². The van der Waals surface area contributed by atoms with Gasteiger partial charge < -0.3 is 14.8 Å². The molecule has 2 fully saturated rings. The van der Waals surface area contributed by atoms with Crippen LogP contribution in [0.2, 0.25) is 0 Å². The van der Waals surface area contributed by atoms with E-state index in [9.17, 15) is 26.4 Å². The minimum atomic E-state index is -4.61. The topological polar surface area (TPSA) is 100 Å². The van der Waals surface area contributed by atoms with Crippen LogP contribution in [0.1, 0.15) is 77.5 Å². The van der Waals surface area contributed by atoms with E-state index in [0.29, 0.717) is 29.9 Å². The summed E-state index contributed by atoms with van der Waals surface area (Å²) < 4.78 is 70.6. The fraction of sp³-hybridized carbons (Fsp3) is 0.500. The zero-order valence-electron chi connectivity index (χ0n) is 24.4. The first-order chi connectivity index (χ1) is 20.2. The second-order valence-corrected chi connectivity index (χ2v) is 14.4. The van der Waals surface area contributed by atoms with E-state index in [-0.39, 0.29) is 42.8 Å². The van der Waals surface area contributed by atoms with E-state index in [0.717, 1.165) is 24.8 Å². The molecule has 3 aliphatic rings. The van der Waals surface area contributed by atoms with E-state index in [1.165, 1.54) is 21.5 Å². The third-order valence-electron chi connectivity index (χ3n) is 9.48. The van der Waals surface area contributed by atoms with Crippen molar-refractivity contribution in [1.82, 2.24) is 24.4 Å². The van der Waals surface area contributed by atoms with Crippen molar-refractivity contribution in [2.24, 2.45) is 7.05 Å². The van der Waals surface area contributed by atoms with E-state index < -0.39 is 33.1 Å². The summed E-state index contributed by atoms with van der Waals surface area (Å²) in [6.45, 7) is 2.66. The molecule has 1 saturated heterocycles. The number of sulfonamides is 1. The van der Waals surface area contributed by atoms with Gasteiger partial charge in [-0.1, -0.05) is 12.1 Å². The summed E-state index contributed by atoms with van der Waals surface area (Å²) in [7, 11) is -1.57. The predicted molar refractivity (Wildman–Crippen MR) is 155 cm³/mol. The average Bonchev–Trinajstić information content (AvgIpc) is 3.52. The van der Waals surface area contributed by atoms with Crippen molar-refractivity contribution in [3.8, 4) is 0 Å². The van der Waals surface area contributed by atoms with Gasteiger partial charge in [0.1, 0.15) is 12.2 Å². The van der Waals surface area contributed by atoms with Gasteiger partial charge in [-0.2, -0.15) is 13.2 Å². The van der Waals surface area contributed by atoms with Crippen LogP contribution in [-0.4, -0.2) is 58.3 Å². The Bertz CT molecular complexity index is 1670. The summed E-state index contributed by atoms with van der Waals surface area (Å²) in [6.07, 6.45) is 2.04. The van der Waals surface area contributed by atoms with Crippen LogP contribution in [-0.2, 0) is 41.8 Å². The summed E-state index contributed by atoms with van der Waals surface area (Å²) in [5, 5.41) is 11.8. The highest BCUT2D eigenvalue weighted by molar-refractivity contribution is 7.88. The highest BCUT2D eigenvalue weighted by Gasteiger charge is 2.44. The third-order valence-corrected chi connectivity index (χ3v) is 10.8. The second kappa shape index (κ2) is 10.4. The maximum absolute atomic E-state index is 14.3. The summed E-state index contributed by atoms with van der Waals surface area (Å²) in [4.78, 5) is 15.1. The number of nitrogens with one attached hydrogen (secondary N) is 1. The Kier molecular flexibility index (Phi) is 7.21. The van der Waals surface area contributed by atoms with Crippen molar-refractivity contribution in [3.63, 3.8) is 0 Å². The number of aryl methyl sites for hydroxylation is 1. The molecular weight excluding hydrogens is 581 g/mol. The molecule has 9 nitrogen and oxygen atoms in total. The first-order valence-corrected chi connectivity index (χ1v) is 16.3. The van der Waals surface area contributed by atoms with Gasteiger partial charge in [0.05, 0.1) is 23.8 Å². The van der Waals surface area contributed by atoms with Gasteiger partial charge in [0.2, 0.25) is 10.0 Å². The fourth-order valence-electron chi connectivity index (χ4n) is 6.76. The van der Waals surface area contributed by atoms with E-state index in [1.54, 1.807) is 29.1 Å². The van der Waals surface area contributed by atoms with Crippen molar-refractivity contribution in [2.75, 3.05) is 24.2 Å². The number of piperidine rings is 1. The number of alkyl halides is 3. The third kappa shape index (κ3) is 5.35. The minimum Gasteiger partial charge on any atom is -0.320 e. The zero-order valence-corrected chi connectivity index (χ0v) is 25.2. The summed E-state index contributed by atoms with van der Waals surface area (Å²) in [6, 6.07) is 9.97. The highest BCUT2D eigenvalue weighted by Crippen LogP contribution is 2.44. The smallest absolute Gasteiger partial charge is 0.320 e. The molecule has 1 amide bonds. The van der Waals surface area contributed by atoms with Crippen LogP contribution in [0, 0.1) is 0 Å². The number of hydrogen-bond acceptors (Lipinski definition) is 6. The number of hydrogen-bond donors (Lipinski definition) is 1. The average molecular weight is 617 g/mol. The van der Waals surface area contributed by atoms with Gasteiger partial charge >= 0.3 is 6.18 Å². The largest absolute Gasteiger partial charge is 0.416 e. The molecule has 1 N–H and O–H groups in total. The van der Waals surface area contributed by atoms with E-state index in [2.05, 4.69) is 22.4 Å². The molecule has 230 valence electrons. The summed E-state index contributed by atoms with van der Waals surface area (Å²) >= 11 is 0. The first kappa shape index (κ1) is 29.8. The molecule has 1 aliphatic carbocycles. The van der Waals surface area contributed by atoms with Crippen molar-refractivity contribution in [3.05, 3.63) is 76.4 Å². The van der Waals surface area contributed by atoms with Gasteiger partial charge in [-0.05, 0) is 80.0 Å². The molecule has 2 aromatic carbocycles. The quantitative estimate of drug-likeness (QED) is 0.424. The van der Waals surface area contributed by atoms with Gasteiger partial charge in [-0.3, -0.25) is 4.79 Å². The minimum absolute atomic E-state index is 0.0222. The molecule has 43 heavy (non-hydrogen) atoms. The van der Waals surface area contributed by atoms with Crippen LogP contribution in [0.25, 0.3) is 0 Å². The maximum Gasteiger partial charge on any atom is 0.416 e. The molecule has 0 atom stereocenters. The number of fused-ring (bicyclic) bond motifs is 1. The lowest BCUT2D eigenvalue weighted by Crippen LogP contribution is -2.47. The van der Waals surface area contributed by atoms with E-state index in [4.69, 9.17) is 0 Å². The molecule has 0 unspecified atom stereocenters. The maximum atomic E-state index is 14.3. The zero-order chi connectivity index (χ0) is 30.8. The van der Waals surface area contributed by atoms with E-state index >= 15 is 0 Å². The summed E-state index contributed by atoms with van der Waals surface area (Å²) in [5.74, 6) is 0.180. The highest BCUT2D eigenvalue weighted by atomic mass is 32.2. The first-order valence-electron chi connectivity index (χ1n) is 14.4. The molecular formula is C30H35F3N6O3S. The SMILES string of the molecule is Cn1cnnc1C1(c2cccc(N3Cc4c(cc(CNC5(C)CCC5)cc4C(F)(F)F)C3=O)c2)CCN(S(C)(=O)=O)CC1. The Balaban J connectivity index is 1.35. The molecule has 3 heterocycles. The van der Waals surface area contributed by atoms with Crippen LogP contribution in [0.5, 0.6) is 0 Å². The molecule has 1 aromatic heterocycles. The van der Waals surface area contributed by atoms with Crippen LogP contribution in [0.3, 0.4) is 0 Å². The Labute approximate surface area is 249 Å². The number of carbonyl (C=O) groups excluding carboxylic acids is 1. The number of halogens is 3. The molecule has 1 saturated carbocycles. The number of amides is 1. The van der Waals surface area contributed by atoms with Gasteiger partial charge in [-0.15, -0.1) is 10.2 Å². The molecule has 0 bridgehead atoms. The lowest BCUT2D eigenvalue weighted by Gasteiger charge is -2.40. The Morgan fingerprint density at radius 2 is 1.79 bits per heavy atom. The molecule has 0 spiro atoms. The standard InChI is InChI=1S/C30H35F3N6O3S/c1-28(8-5-9-28)34-17-20-14-23-24(25(15-20)30(31,32)33)18-39(26(23)40)22-7-4-6-21(16-22)29(27-36-35-19-37(27)2)10-12-38(13-11-29)43(3,41)42/h4,6-7,14-16,19,34H,5,8-13,17-18H2,1-3H3. The van der Waals surface area contributed by atoms with Crippen molar-refractivity contribution < 1.29 is 26.4 Å².